The topological polar surface area (TPSA) is 84.6 Å². The SMILES string of the molecule is Cc1ccccc1OCC(=O)N1CCN(Cc2nc(N)c3ccccc3n2)CC1. The van der Waals surface area contributed by atoms with Gasteiger partial charge in [0.2, 0.25) is 0 Å². The number of aromatic nitrogens is 2. The summed E-state index contributed by atoms with van der Waals surface area (Å²) in [5.41, 5.74) is 7.97. The number of anilines is 1. The Bertz CT molecular complexity index is 1020. The number of hydrogen-bond donors (Lipinski definition) is 1. The number of piperazine rings is 1. The van der Waals surface area contributed by atoms with Crippen molar-refractivity contribution >= 4 is 22.6 Å². The maximum atomic E-state index is 12.5. The largest absolute Gasteiger partial charge is 0.484 e. The minimum Gasteiger partial charge on any atom is -0.484 e. The van der Waals surface area contributed by atoms with E-state index in [2.05, 4.69) is 14.9 Å². The zero-order valence-corrected chi connectivity index (χ0v) is 16.5. The first-order chi connectivity index (χ1) is 14.1. The standard InChI is InChI=1S/C22H25N5O2/c1-16-6-2-5-9-19(16)29-15-21(28)27-12-10-26(11-13-27)14-20-24-18-8-4-3-7-17(18)22(23)25-20/h2-9H,10-15H2,1H3,(H2,23,24,25). The summed E-state index contributed by atoms with van der Waals surface area (Å²) in [4.78, 5) is 25.6. The second kappa shape index (κ2) is 8.45. The molecule has 1 saturated heterocycles. The summed E-state index contributed by atoms with van der Waals surface area (Å²) in [5.74, 6) is 1.99. The van der Waals surface area contributed by atoms with Crippen LogP contribution in [0.5, 0.6) is 5.75 Å². The minimum atomic E-state index is 0.0131. The molecule has 3 aromatic rings. The molecule has 4 rings (SSSR count). The van der Waals surface area contributed by atoms with E-state index in [0.29, 0.717) is 31.3 Å². The molecule has 7 nitrogen and oxygen atoms in total. The van der Waals surface area contributed by atoms with Crippen molar-refractivity contribution in [3.63, 3.8) is 0 Å². The minimum absolute atomic E-state index is 0.0131. The van der Waals surface area contributed by atoms with Crippen LogP contribution in [0.1, 0.15) is 11.4 Å². The first-order valence-corrected chi connectivity index (χ1v) is 9.80. The molecule has 1 aliphatic rings. The molecule has 0 aliphatic carbocycles. The fraction of sp³-hybridized carbons (Fsp3) is 0.318. The highest BCUT2D eigenvalue weighted by atomic mass is 16.5. The van der Waals surface area contributed by atoms with Gasteiger partial charge in [0.25, 0.3) is 5.91 Å². The molecule has 0 atom stereocenters. The molecule has 150 valence electrons. The van der Waals surface area contributed by atoms with Crippen LogP contribution < -0.4 is 10.5 Å². The quantitative estimate of drug-likeness (QED) is 0.718. The Morgan fingerprint density at radius 3 is 2.55 bits per heavy atom. The van der Waals surface area contributed by atoms with Gasteiger partial charge >= 0.3 is 0 Å². The molecule has 7 heteroatoms. The van der Waals surface area contributed by atoms with E-state index in [1.165, 1.54) is 0 Å². The number of nitrogens with two attached hydrogens (primary N) is 1. The van der Waals surface area contributed by atoms with Crippen molar-refractivity contribution in [2.24, 2.45) is 0 Å². The summed E-state index contributed by atoms with van der Waals surface area (Å²) in [5, 5.41) is 0.875. The van der Waals surface area contributed by atoms with Gasteiger partial charge in [-0.1, -0.05) is 30.3 Å². The molecule has 0 radical (unpaired) electrons. The van der Waals surface area contributed by atoms with Crippen LogP contribution in [0.2, 0.25) is 0 Å². The number of ether oxygens (including phenoxy) is 1. The Hall–Kier alpha value is -3.19. The molecule has 1 aromatic heterocycles. The van der Waals surface area contributed by atoms with Crippen molar-refractivity contribution < 1.29 is 9.53 Å². The number of carbonyl (C=O) groups excluding carboxylic acids is 1. The molecule has 2 N–H and O–H groups in total. The number of nitrogens with zero attached hydrogens (tertiary/aromatic N) is 4. The fourth-order valence-electron chi connectivity index (χ4n) is 3.53. The van der Waals surface area contributed by atoms with E-state index in [1.807, 2.05) is 60.4 Å². The molecule has 1 aliphatic heterocycles. The summed E-state index contributed by atoms with van der Waals surface area (Å²) in [6, 6.07) is 15.5. The van der Waals surface area contributed by atoms with Crippen molar-refractivity contribution in [2.45, 2.75) is 13.5 Å². The molecule has 0 bridgehead atoms. The average Bonchev–Trinajstić information content (AvgIpc) is 2.73. The van der Waals surface area contributed by atoms with Gasteiger partial charge in [-0.05, 0) is 30.7 Å². The van der Waals surface area contributed by atoms with E-state index in [9.17, 15) is 4.79 Å². The zero-order valence-electron chi connectivity index (χ0n) is 16.5. The molecule has 2 heterocycles. The molecule has 0 saturated carbocycles. The summed E-state index contributed by atoms with van der Waals surface area (Å²) in [7, 11) is 0. The summed E-state index contributed by atoms with van der Waals surface area (Å²) in [6.07, 6.45) is 0. The third kappa shape index (κ3) is 4.46. The molecule has 29 heavy (non-hydrogen) atoms. The lowest BCUT2D eigenvalue weighted by Gasteiger charge is -2.34. The molecular formula is C22H25N5O2. The predicted octanol–water partition coefficient (Wildman–Crippen LogP) is 2.24. The molecular weight excluding hydrogens is 366 g/mol. The second-order valence-electron chi connectivity index (χ2n) is 7.25. The van der Waals surface area contributed by atoms with E-state index in [-0.39, 0.29) is 12.5 Å². The van der Waals surface area contributed by atoms with Crippen LogP contribution in [0.15, 0.2) is 48.5 Å². The van der Waals surface area contributed by atoms with Gasteiger partial charge in [-0.25, -0.2) is 9.97 Å². The predicted molar refractivity (Wildman–Crippen MR) is 112 cm³/mol. The van der Waals surface area contributed by atoms with Crippen LogP contribution in [0.25, 0.3) is 10.9 Å². The lowest BCUT2D eigenvalue weighted by Crippen LogP contribution is -2.49. The van der Waals surface area contributed by atoms with Gasteiger partial charge in [-0.2, -0.15) is 0 Å². The Labute approximate surface area is 170 Å². The number of amides is 1. The number of benzene rings is 2. The number of carbonyl (C=O) groups is 1. The Morgan fingerprint density at radius 1 is 1.03 bits per heavy atom. The molecule has 0 unspecified atom stereocenters. The molecule has 1 amide bonds. The first kappa shape index (κ1) is 19.1. The van der Waals surface area contributed by atoms with Gasteiger partial charge in [0.05, 0.1) is 12.1 Å². The first-order valence-electron chi connectivity index (χ1n) is 9.80. The Morgan fingerprint density at radius 2 is 1.76 bits per heavy atom. The lowest BCUT2D eigenvalue weighted by molar-refractivity contribution is -0.135. The van der Waals surface area contributed by atoms with Crippen molar-refractivity contribution in [1.29, 1.82) is 0 Å². The van der Waals surface area contributed by atoms with Crippen molar-refractivity contribution in [2.75, 3.05) is 38.5 Å². The van der Waals surface area contributed by atoms with E-state index in [1.54, 1.807) is 0 Å². The Kier molecular flexibility index (Phi) is 5.57. The number of para-hydroxylation sites is 2. The maximum absolute atomic E-state index is 12.5. The fourth-order valence-corrected chi connectivity index (χ4v) is 3.53. The van der Waals surface area contributed by atoms with Gasteiger partial charge in [-0.3, -0.25) is 9.69 Å². The number of nitrogen functional groups attached to an aromatic ring is 1. The highest BCUT2D eigenvalue weighted by molar-refractivity contribution is 5.87. The van der Waals surface area contributed by atoms with Crippen LogP contribution >= 0.6 is 0 Å². The number of rotatable bonds is 5. The molecule has 2 aromatic carbocycles. The van der Waals surface area contributed by atoms with Crippen molar-refractivity contribution in [1.82, 2.24) is 19.8 Å². The van der Waals surface area contributed by atoms with Crippen molar-refractivity contribution in [3.8, 4) is 5.75 Å². The van der Waals surface area contributed by atoms with E-state index in [0.717, 1.165) is 35.3 Å². The third-order valence-corrected chi connectivity index (χ3v) is 5.21. The van der Waals surface area contributed by atoms with Gasteiger partial charge in [0, 0.05) is 31.6 Å². The van der Waals surface area contributed by atoms with Crippen LogP contribution in [-0.2, 0) is 11.3 Å². The molecule has 1 fully saturated rings. The van der Waals surface area contributed by atoms with Crippen LogP contribution in [-0.4, -0.2) is 58.5 Å². The Balaban J connectivity index is 1.30. The average molecular weight is 391 g/mol. The molecule has 0 spiro atoms. The van der Waals surface area contributed by atoms with Gasteiger partial charge < -0.3 is 15.4 Å². The second-order valence-corrected chi connectivity index (χ2v) is 7.25. The monoisotopic (exact) mass is 391 g/mol. The van der Waals surface area contributed by atoms with E-state index < -0.39 is 0 Å². The van der Waals surface area contributed by atoms with Crippen LogP contribution in [0, 0.1) is 6.92 Å². The number of aryl methyl sites for hydroxylation is 1. The number of hydrogen-bond acceptors (Lipinski definition) is 6. The normalized spacial score (nSPS) is 14.9. The third-order valence-electron chi connectivity index (χ3n) is 5.21. The number of fused-ring (bicyclic) bond motifs is 1. The van der Waals surface area contributed by atoms with Gasteiger partial charge in [0.1, 0.15) is 17.4 Å². The van der Waals surface area contributed by atoms with E-state index in [4.69, 9.17) is 10.5 Å². The van der Waals surface area contributed by atoms with Gasteiger partial charge in [-0.15, -0.1) is 0 Å². The smallest absolute Gasteiger partial charge is 0.260 e. The lowest BCUT2D eigenvalue weighted by atomic mass is 10.2. The van der Waals surface area contributed by atoms with Crippen LogP contribution in [0.3, 0.4) is 0 Å². The highest BCUT2D eigenvalue weighted by Gasteiger charge is 2.22. The van der Waals surface area contributed by atoms with E-state index >= 15 is 0 Å². The maximum Gasteiger partial charge on any atom is 0.260 e. The summed E-state index contributed by atoms with van der Waals surface area (Å²) < 4.78 is 5.69. The van der Waals surface area contributed by atoms with Crippen LogP contribution in [0.4, 0.5) is 5.82 Å². The van der Waals surface area contributed by atoms with Gasteiger partial charge in [0.15, 0.2) is 6.61 Å². The summed E-state index contributed by atoms with van der Waals surface area (Å²) >= 11 is 0. The highest BCUT2D eigenvalue weighted by Crippen LogP contribution is 2.19. The zero-order chi connectivity index (χ0) is 20.2. The summed E-state index contributed by atoms with van der Waals surface area (Å²) in [6.45, 7) is 5.53. The van der Waals surface area contributed by atoms with Crippen molar-refractivity contribution in [3.05, 3.63) is 59.9 Å².